The summed E-state index contributed by atoms with van der Waals surface area (Å²) in [6.07, 6.45) is 50.4. The Labute approximate surface area is 353 Å². The zero-order chi connectivity index (χ0) is 39.8. The largest absolute Gasteiger partial charge is 0.315 e. The minimum absolute atomic E-state index is 0.142. The van der Waals surface area contributed by atoms with Crippen LogP contribution < -0.4 is 4.90 Å². The molecule has 0 aliphatic heterocycles. The summed E-state index contributed by atoms with van der Waals surface area (Å²) < 4.78 is 0. The van der Waals surface area contributed by atoms with Gasteiger partial charge in [0.2, 0.25) is 0 Å². The Morgan fingerprint density at radius 1 is 0.729 bits per heavy atom. The van der Waals surface area contributed by atoms with Crippen LogP contribution in [0.4, 0.5) is 5.69 Å². The van der Waals surface area contributed by atoms with Crippen molar-refractivity contribution in [1.29, 1.82) is 0 Å². The summed E-state index contributed by atoms with van der Waals surface area (Å²) in [7, 11) is 0. The lowest BCUT2D eigenvalue weighted by atomic mass is 9.61. The van der Waals surface area contributed by atoms with E-state index in [0.717, 1.165) is 50.4 Å². The van der Waals surface area contributed by atoms with E-state index in [1.54, 1.807) is 5.57 Å². The molecule has 7 aliphatic carbocycles. The van der Waals surface area contributed by atoms with Crippen molar-refractivity contribution in [3.8, 4) is 22.3 Å². The first kappa shape index (κ1) is 37.6. The first-order chi connectivity index (χ1) is 29.1. The second-order valence-electron chi connectivity index (χ2n) is 18.0. The molecule has 1 fully saturated rings. The van der Waals surface area contributed by atoms with Crippen LogP contribution in [-0.4, -0.2) is 0 Å². The maximum Gasteiger partial charge on any atom is 0.0464 e. The smallest absolute Gasteiger partial charge is 0.0464 e. The molecule has 0 bridgehead atoms. The number of hydrogen-bond donors (Lipinski definition) is 0. The minimum atomic E-state index is 0.142. The predicted octanol–water partition coefficient (Wildman–Crippen LogP) is 15.4. The Hall–Kier alpha value is -5.66. The van der Waals surface area contributed by atoms with Gasteiger partial charge in [-0.2, -0.15) is 0 Å². The van der Waals surface area contributed by atoms with Gasteiger partial charge in [-0.25, -0.2) is 0 Å². The Kier molecular flexibility index (Phi) is 10.3. The molecular formula is C58H57N. The van der Waals surface area contributed by atoms with E-state index in [-0.39, 0.29) is 5.41 Å². The summed E-state index contributed by atoms with van der Waals surface area (Å²) in [6.45, 7) is 6.45. The molecule has 0 amide bonds. The SMILES string of the molecule is C=C/C=C\C1=CCCC=C1C1C=CC(N(C2=CC=C([C@@]3(C)CCC=C4C=CC=CC43)CC2)c2ccc(C3C=CC4C[C@H]4C3)c(-c3ccc(-c4ccccc4)cc3)c2)=CC1. The van der Waals surface area contributed by atoms with Crippen LogP contribution in [0.2, 0.25) is 0 Å². The molecule has 3 aromatic carbocycles. The van der Waals surface area contributed by atoms with Gasteiger partial charge in [0.05, 0.1) is 0 Å². The number of rotatable bonds is 10. The van der Waals surface area contributed by atoms with E-state index in [1.165, 1.54) is 80.9 Å². The standard InChI is InChI=1S/C58H57N/c1-3-4-13-43-16-8-10-19-54(43)44-27-31-51(32-28-44)59(52-33-29-50(30-34-52)58(2)37-12-18-46-17-9-11-20-57(46)58)53-35-36-55(48-26-25-47-38-49(47)39-48)56(40-53)45-23-21-42(22-24-45)41-14-6-5-7-15-41/h3-7,9,11,13-27,29,31-33,35-36,40,44,47-49,57H,1,8,10,12,28,30,34,37-39H2,2H3/b13-4-/t44?,47?,48?,49-,57?,58+/m0/s1. The Bertz CT molecular complexity index is 2460. The second-order valence-corrected chi connectivity index (χ2v) is 18.0. The monoisotopic (exact) mass is 767 g/mol. The number of hydrogen-bond acceptors (Lipinski definition) is 1. The van der Waals surface area contributed by atoms with Gasteiger partial charge in [0.15, 0.2) is 0 Å². The molecule has 0 radical (unpaired) electrons. The fraction of sp³-hybridized carbons (Fsp3) is 0.276. The zero-order valence-corrected chi connectivity index (χ0v) is 34.6. The molecule has 0 aromatic heterocycles. The van der Waals surface area contributed by atoms with E-state index in [2.05, 4.69) is 188 Å². The van der Waals surface area contributed by atoms with Gasteiger partial charge < -0.3 is 4.90 Å². The minimum Gasteiger partial charge on any atom is -0.315 e. The first-order valence-electron chi connectivity index (χ1n) is 22.4. The highest BCUT2D eigenvalue weighted by Crippen LogP contribution is 2.53. The van der Waals surface area contributed by atoms with Crippen molar-refractivity contribution < 1.29 is 0 Å². The molecule has 0 heterocycles. The van der Waals surface area contributed by atoms with Crippen LogP contribution in [0.15, 0.2) is 216 Å². The predicted molar refractivity (Wildman–Crippen MR) is 251 cm³/mol. The quantitative estimate of drug-likeness (QED) is 0.147. The van der Waals surface area contributed by atoms with Crippen LogP contribution in [0.5, 0.6) is 0 Å². The third-order valence-corrected chi connectivity index (χ3v) is 14.4. The Morgan fingerprint density at radius 2 is 1.58 bits per heavy atom. The molecule has 0 N–H and O–H groups in total. The van der Waals surface area contributed by atoms with Gasteiger partial charge in [-0.3, -0.25) is 0 Å². The van der Waals surface area contributed by atoms with Crippen LogP contribution in [-0.2, 0) is 0 Å². The van der Waals surface area contributed by atoms with E-state index in [1.807, 2.05) is 6.08 Å². The summed E-state index contributed by atoms with van der Waals surface area (Å²) in [5.74, 6) is 2.91. The van der Waals surface area contributed by atoms with Gasteiger partial charge in [-0.05, 0) is 144 Å². The highest BCUT2D eigenvalue weighted by atomic mass is 15.2. The van der Waals surface area contributed by atoms with Crippen molar-refractivity contribution in [2.24, 2.45) is 29.1 Å². The van der Waals surface area contributed by atoms with Gasteiger partial charge in [0, 0.05) is 34.8 Å². The zero-order valence-electron chi connectivity index (χ0n) is 34.6. The van der Waals surface area contributed by atoms with Crippen molar-refractivity contribution >= 4 is 5.69 Å². The molecule has 4 unspecified atom stereocenters. The van der Waals surface area contributed by atoms with Gasteiger partial charge in [0.25, 0.3) is 0 Å². The normalized spacial score (nSPS) is 28.1. The highest BCUT2D eigenvalue weighted by molar-refractivity contribution is 5.78. The molecule has 1 nitrogen and oxygen atoms in total. The average Bonchev–Trinajstić information content (AvgIpc) is 4.09. The van der Waals surface area contributed by atoms with Crippen molar-refractivity contribution in [3.05, 3.63) is 222 Å². The lowest BCUT2D eigenvalue weighted by Crippen LogP contribution is -2.34. The number of nitrogens with zero attached hydrogens (tertiary/aromatic N) is 1. The fourth-order valence-electron chi connectivity index (χ4n) is 11.0. The summed E-state index contributed by atoms with van der Waals surface area (Å²) >= 11 is 0. The molecule has 0 saturated heterocycles. The Balaban J connectivity index is 1.04. The van der Waals surface area contributed by atoms with Gasteiger partial charge in [-0.1, -0.05) is 171 Å². The second kappa shape index (κ2) is 16.2. The van der Waals surface area contributed by atoms with Crippen molar-refractivity contribution in [2.75, 3.05) is 4.90 Å². The van der Waals surface area contributed by atoms with Crippen molar-refractivity contribution in [2.45, 2.75) is 70.6 Å². The first-order valence-corrected chi connectivity index (χ1v) is 22.4. The van der Waals surface area contributed by atoms with Crippen LogP contribution in [0.1, 0.15) is 76.2 Å². The summed E-state index contributed by atoms with van der Waals surface area (Å²) in [5, 5.41) is 0. The van der Waals surface area contributed by atoms with E-state index < -0.39 is 0 Å². The molecule has 3 aromatic rings. The summed E-state index contributed by atoms with van der Waals surface area (Å²) in [5.41, 5.74) is 16.5. The van der Waals surface area contributed by atoms with Crippen LogP contribution in [0, 0.1) is 29.1 Å². The third kappa shape index (κ3) is 7.46. The van der Waals surface area contributed by atoms with E-state index in [4.69, 9.17) is 0 Å². The lowest BCUT2D eigenvalue weighted by Gasteiger charge is -2.44. The topological polar surface area (TPSA) is 3.24 Å². The van der Waals surface area contributed by atoms with E-state index >= 15 is 0 Å². The fourth-order valence-corrected chi connectivity index (χ4v) is 11.0. The molecule has 7 aliphatic rings. The van der Waals surface area contributed by atoms with Gasteiger partial charge in [-0.15, -0.1) is 0 Å². The van der Waals surface area contributed by atoms with Gasteiger partial charge in [0.1, 0.15) is 0 Å². The summed E-state index contributed by atoms with van der Waals surface area (Å²) in [4.78, 5) is 2.60. The summed E-state index contributed by atoms with van der Waals surface area (Å²) in [6, 6.07) is 27.5. The molecule has 0 spiro atoms. The number of fused-ring (bicyclic) bond motifs is 2. The number of anilines is 1. The van der Waals surface area contributed by atoms with E-state index in [9.17, 15) is 0 Å². The highest BCUT2D eigenvalue weighted by Gasteiger charge is 2.41. The van der Waals surface area contributed by atoms with Crippen molar-refractivity contribution in [3.63, 3.8) is 0 Å². The van der Waals surface area contributed by atoms with E-state index in [0.29, 0.717) is 17.8 Å². The number of allylic oxidation sites excluding steroid dienone is 22. The third-order valence-electron chi connectivity index (χ3n) is 14.4. The Morgan fingerprint density at radius 3 is 2.37 bits per heavy atom. The lowest BCUT2D eigenvalue weighted by molar-refractivity contribution is 0.275. The van der Waals surface area contributed by atoms with Crippen LogP contribution in [0.3, 0.4) is 0 Å². The molecule has 10 rings (SSSR count). The van der Waals surface area contributed by atoms with Gasteiger partial charge >= 0.3 is 0 Å². The number of benzene rings is 3. The van der Waals surface area contributed by atoms with Crippen LogP contribution >= 0.6 is 0 Å². The van der Waals surface area contributed by atoms with Crippen LogP contribution in [0.25, 0.3) is 22.3 Å². The molecule has 59 heavy (non-hydrogen) atoms. The molecule has 1 saturated carbocycles. The maximum atomic E-state index is 3.93. The maximum absolute atomic E-state index is 3.93. The molecular weight excluding hydrogens is 711 g/mol. The molecule has 1 heteroatoms. The molecule has 6 atom stereocenters. The van der Waals surface area contributed by atoms with Crippen molar-refractivity contribution in [1.82, 2.24) is 0 Å². The average molecular weight is 768 g/mol. The molecule has 294 valence electrons.